The van der Waals surface area contributed by atoms with Crippen LogP contribution in [0, 0.1) is 5.82 Å². The largest absolute Gasteiger partial charge is 0.240 e. The molecule has 0 atom stereocenters. The van der Waals surface area contributed by atoms with Gasteiger partial charge in [-0.3, -0.25) is 0 Å². The van der Waals surface area contributed by atoms with Gasteiger partial charge in [0, 0.05) is 17.1 Å². The summed E-state index contributed by atoms with van der Waals surface area (Å²) in [4.78, 5) is 0. The lowest BCUT2D eigenvalue weighted by atomic mass is 10.1. The quantitative estimate of drug-likeness (QED) is 0.490. The van der Waals surface area contributed by atoms with Crippen LogP contribution >= 0.6 is 0 Å². The first-order valence-corrected chi connectivity index (χ1v) is 7.78. The van der Waals surface area contributed by atoms with Crippen molar-refractivity contribution in [2.45, 2.75) is 0 Å². The van der Waals surface area contributed by atoms with Gasteiger partial charge < -0.3 is 0 Å². The van der Waals surface area contributed by atoms with Crippen molar-refractivity contribution in [3.8, 4) is 11.3 Å². The van der Waals surface area contributed by atoms with E-state index in [9.17, 15) is 4.39 Å². The zero-order valence-electron chi connectivity index (χ0n) is 12.9. The van der Waals surface area contributed by atoms with Crippen LogP contribution in [-0.4, -0.2) is 9.78 Å². The predicted octanol–water partition coefficient (Wildman–Crippen LogP) is 5.47. The molecule has 0 aliphatic rings. The number of rotatable bonds is 3. The summed E-state index contributed by atoms with van der Waals surface area (Å²) in [6, 6.07) is 24.6. The molecule has 0 aliphatic heterocycles. The summed E-state index contributed by atoms with van der Waals surface area (Å²) in [7, 11) is 0. The number of benzene rings is 3. The Morgan fingerprint density at radius 2 is 1.50 bits per heavy atom. The molecule has 0 radical (unpaired) electrons. The first kappa shape index (κ1) is 14.4. The normalized spacial score (nSPS) is 11.4. The number of hydrogen-bond donors (Lipinski definition) is 0. The number of hydrogen-bond acceptors (Lipinski definition) is 1. The molecule has 0 spiro atoms. The molecule has 2 nitrogen and oxygen atoms in total. The molecule has 0 saturated carbocycles. The lowest BCUT2D eigenvalue weighted by molar-refractivity contribution is 0.628. The average Bonchev–Trinajstić information content (AvgIpc) is 3.00. The molecule has 1 aromatic heterocycles. The Labute approximate surface area is 139 Å². The van der Waals surface area contributed by atoms with E-state index in [1.165, 1.54) is 12.1 Å². The highest BCUT2D eigenvalue weighted by molar-refractivity contribution is 5.94. The number of para-hydroxylation sites is 1. The summed E-state index contributed by atoms with van der Waals surface area (Å²) in [6.45, 7) is 0. The first-order chi connectivity index (χ1) is 11.8. The van der Waals surface area contributed by atoms with E-state index in [1.807, 2.05) is 71.6 Å². The van der Waals surface area contributed by atoms with E-state index in [2.05, 4.69) is 0 Å². The molecule has 0 amide bonds. The summed E-state index contributed by atoms with van der Waals surface area (Å²) < 4.78 is 15.1. The molecule has 4 aromatic rings. The van der Waals surface area contributed by atoms with Crippen LogP contribution in [0.5, 0.6) is 0 Å². The van der Waals surface area contributed by atoms with E-state index in [1.54, 1.807) is 12.1 Å². The van der Waals surface area contributed by atoms with Crippen LogP contribution in [-0.2, 0) is 0 Å². The average molecular weight is 314 g/mol. The highest BCUT2D eigenvalue weighted by Gasteiger charge is 2.10. The molecule has 0 N–H and O–H groups in total. The Bertz CT molecular complexity index is 999. The lowest BCUT2D eigenvalue weighted by Crippen LogP contribution is -1.89. The predicted molar refractivity (Wildman–Crippen MR) is 96.8 cm³/mol. The van der Waals surface area contributed by atoms with Gasteiger partial charge >= 0.3 is 0 Å². The molecule has 3 aromatic carbocycles. The van der Waals surface area contributed by atoms with Crippen molar-refractivity contribution in [2.24, 2.45) is 0 Å². The van der Waals surface area contributed by atoms with E-state index >= 15 is 0 Å². The van der Waals surface area contributed by atoms with Crippen molar-refractivity contribution in [1.29, 1.82) is 0 Å². The van der Waals surface area contributed by atoms with Crippen molar-refractivity contribution in [1.82, 2.24) is 9.78 Å². The van der Waals surface area contributed by atoms with Crippen LogP contribution in [0.4, 0.5) is 4.39 Å². The van der Waals surface area contributed by atoms with Gasteiger partial charge in [-0.1, -0.05) is 48.5 Å². The van der Waals surface area contributed by atoms with Gasteiger partial charge in [0.25, 0.3) is 0 Å². The molecule has 0 fully saturated rings. The van der Waals surface area contributed by atoms with Gasteiger partial charge in [0.2, 0.25) is 0 Å². The van der Waals surface area contributed by atoms with Gasteiger partial charge in [0.1, 0.15) is 11.5 Å². The highest BCUT2D eigenvalue weighted by Crippen LogP contribution is 2.28. The topological polar surface area (TPSA) is 17.8 Å². The standard InChI is InChI=1S/C21H15FN2/c22-18-12-10-17(11-13-18)21-19-8-4-5-9-20(19)24(23-21)15-14-16-6-2-1-3-7-16/h1-15H. The summed E-state index contributed by atoms with van der Waals surface area (Å²) in [5.41, 5.74) is 3.88. The second-order valence-electron chi connectivity index (χ2n) is 5.54. The molecule has 116 valence electrons. The second-order valence-corrected chi connectivity index (χ2v) is 5.54. The Balaban J connectivity index is 1.82. The van der Waals surface area contributed by atoms with E-state index in [0.29, 0.717) is 0 Å². The molecule has 0 bridgehead atoms. The number of fused-ring (bicyclic) bond motifs is 1. The zero-order valence-corrected chi connectivity index (χ0v) is 12.9. The molecule has 0 aliphatic carbocycles. The fourth-order valence-corrected chi connectivity index (χ4v) is 2.74. The smallest absolute Gasteiger partial charge is 0.123 e. The maximum absolute atomic E-state index is 13.2. The zero-order chi connectivity index (χ0) is 16.4. The molecule has 24 heavy (non-hydrogen) atoms. The van der Waals surface area contributed by atoms with Gasteiger partial charge in [0.05, 0.1) is 5.52 Å². The fourth-order valence-electron chi connectivity index (χ4n) is 2.74. The van der Waals surface area contributed by atoms with Crippen LogP contribution in [0.2, 0.25) is 0 Å². The maximum Gasteiger partial charge on any atom is 0.123 e. The Morgan fingerprint density at radius 3 is 2.29 bits per heavy atom. The van der Waals surface area contributed by atoms with E-state index < -0.39 is 0 Å². The van der Waals surface area contributed by atoms with E-state index in [-0.39, 0.29) is 5.82 Å². The minimum Gasteiger partial charge on any atom is -0.240 e. The van der Waals surface area contributed by atoms with Crippen molar-refractivity contribution in [3.63, 3.8) is 0 Å². The summed E-state index contributed by atoms with van der Waals surface area (Å²) in [5, 5.41) is 5.76. The van der Waals surface area contributed by atoms with Gasteiger partial charge in [-0.05, 0) is 42.0 Å². The third-order valence-electron chi connectivity index (χ3n) is 3.94. The number of nitrogens with zero attached hydrogens (tertiary/aromatic N) is 2. The van der Waals surface area contributed by atoms with Gasteiger partial charge in [0.15, 0.2) is 0 Å². The fraction of sp³-hybridized carbons (Fsp3) is 0. The SMILES string of the molecule is Fc1ccc(-c2nn(C=Cc3ccccc3)c3ccccc23)cc1. The molecule has 0 unspecified atom stereocenters. The van der Waals surface area contributed by atoms with Crippen LogP contribution < -0.4 is 0 Å². The molecule has 0 saturated heterocycles. The van der Waals surface area contributed by atoms with Crippen molar-refractivity contribution in [2.75, 3.05) is 0 Å². The monoisotopic (exact) mass is 314 g/mol. The molecule has 4 rings (SSSR count). The van der Waals surface area contributed by atoms with Gasteiger partial charge in [-0.2, -0.15) is 5.10 Å². The van der Waals surface area contributed by atoms with Crippen LogP contribution in [0.1, 0.15) is 5.56 Å². The van der Waals surface area contributed by atoms with Gasteiger partial charge in [-0.15, -0.1) is 0 Å². The Hall–Kier alpha value is -3.20. The summed E-state index contributed by atoms with van der Waals surface area (Å²) in [5.74, 6) is -0.244. The Kier molecular flexibility index (Phi) is 3.67. The number of halogens is 1. The summed E-state index contributed by atoms with van der Waals surface area (Å²) >= 11 is 0. The Morgan fingerprint density at radius 1 is 0.792 bits per heavy atom. The van der Waals surface area contributed by atoms with Crippen LogP contribution in [0.3, 0.4) is 0 Å². The highest BCUT2D eigenvalue weighted by atomic mass is 19.1. The lowest BCUT2D eigenvalue weighted by Gasteiger charge is -1.97. The third kappa shape index (κ3) is 2.72. The third-order valence-corrected chi connectivity index (χ3v) is 3.94. The molecule has 3 heteroatoms. The number of aromatic nitrogens is 2. The summed E-state index contributed by atoms with van der Waals surface area (Å²) in [6.07, 6.45) is 3.97. The maximum atomic E-state index is 13.2. The van der Waals surface area contributed by atoms with Crippen molar-refractivity contribution < 1.29 is 4.39 Å². The molecule has 1 heterocycles. The first-order valence-electron chi connectivity index (χ1n) is 7.78. The minimum atomic E-state index is -0.244. The van der Waals surface area contributed by atoms with Gasteiger partial charge in [-0.25, -0.2) is 9.07 Å². The second kappa shape index (κ2) is 6.13. The van der Waals surface area contributed by atoms with E-state index in [4.69, 9.17) is 5.10 Å². The van der Waals surface area contributed by atoms with Crippen LogP contribution in [0.15, 0.2) is 78.9 Å². The minimum absolute atomic E-state index is 0.244. The molecular formula is C21H15FN2. The van der Waals surface area contributed by atoms with E-state index in [0.717, 1.165) is 27.7 Å². The van der Waals surface area contributed by atoms with Crippen molar-refractivity contribution in [3.05, 3.63) is 90.2 Å². The van der Waals surface area contributed by atoms with Crippen molar-refractivity contribution >= 4 is 23.2 Å². The molecular weight excluding hydrogens is 299 g/mol. The van der Waals surface area contributed by atoms with Crippen LogP contribution in [0.25, 0.3) is 34.4 Å².